The standard InChI is InChI=1S/C19H26N4O2/c1-14-12-23(17-6-4-3-5-7-17)21-18(14)20-19(25)22(2)16-10-8-15(13-24)9-11-16/h3-7,12,15-16,24H,8-11,13H2,1-2H3,(H,20,21,25). The van der Waals surface area contributed by atoms with E-state index in [0.717, 1.165) is 36.9 Å². The van der Waals surface area contributed by atoms with Crippen molar-refractivity contribution in [3.05, 3.63) is 42.1 Å². The maximum absolute atomic E-state index is 12.6. The number of amides is 2. The molecule has 3 rings (SSSR count). The number of rotatable bonds is 4. The van der Waals surface area contributed by atoms with Crippen LogP contribution in [0.25, 0.3) is 5.69 Å². The molecule has 0 spiro atoms. The van der Waals surface area contributed by atoms with Crippen LogP contribution in [0.2, 0.25) is 0 Å². The van der Waals surface area contributed by atoms with Crippen LogP contribution in [0.1, 0.15) is 31.2 Å². The summed E-state index contributed by atoms with van der Waals surface area (Å²) in [5.41, 5.74) is 1.89. The number of nitrogens with one attached hydrogen (secondary N) is 1. The van der Waals surface area contributed by atoms with Gasteiger partial charge >= 0.3 is 6.03 Å². The highest BCUT2D eigenvalue weighted by Gasteiger charge is 2.26. The van der Waals surface area contributed by atoms with Crippen LogP contribution in [0.3, 0.4) is 0 Å². The molecular formula is C19H26N4O2. The number of aliphatic hydroxyl groups is 1. The maximum atomic E-state index is 12.6. The minimum atomic E-state index is -0.131. The third kappa shape index (κ3) is 4.02. The van der Waals surface area contributed by atoms with E-state index in [2.05, 4.69) is 10.4 Å². The molecule has 1 aromatic heterocycles. The Bertz CT molecular complexity index is 705. The number of hydrogen-bond donors (Lipinski definition) is 2. The van der Waals surface area contributed by atoms with Crippen LogP contribution in [0.5, 0.6) is 0 Å². The van der Waals surface area contributed by atoms with Crippen LogP contribution >= 0.6 is 0 Å². The highest BCUT2D eigenvalue weighted by atomic mass is 16.3. The largest absolute Gasteiger partial charge is 0.396 e. The Labute approximate surface area is 148 Å². The molecule has 2 aromatic rings. The van der Waals surface area contributed by atoms with Gasteiger partial charge in [-0.3, -0.25) is 5.32 Å². The lowest BCUT2D eigenvalue weighted by molar-refractivity contribution is 0.139. The van der Waals surface area contributed by atoms with Gasteiger partial charge in [-0.25, -0.2) is 9.48 Å². The van der Waals surface area contributed by atoms with E-state index in [1.54, 1.807) is 9.58 Å². The number of aliphatic hydroxyl groups excluding tert-OH is 1. The Morgan fingerprint density at radius 1 is 1.28 bits per heavy atom. The first kappa shape index (κ1) is 17.5. The van der Waals surface area contributed by atoms with E-state index in [4.69, 9.17) is 0 Å². The van der Waals surface area contributed by atoms with Crippen LogP contribution in [0, 0.1) is 12.8 Å². The molecule has 1 aliphatic rings. The minimum absolute atomic E-state index is 0.131. The van der Waals surface area contributed by atoms with E-state index >= 15 is 0 Å². The first-order valence-corrected chi connectivity index (χ1v) is 8.85. The summed E-state index contributed by atoms with van der Waals surface area (Å²) in [6.45, 7) is 2.19. The molecule has 2 N–H and O–H groups in total. The SMILES string of the molecule is Cc1cn(-c2ccccc2)nc1NC(=O)N(C)C1CCC(CO)CC1. The van der Waals surface area contributed by atoms with Gasteiger partial charge in [0.1, 0.15) is 0 Å². The molecule has 6 heteroatoms. The highest BCUT2D eigenvalue weighted by Crippen LogP contribution is 2.27. The molecule has 134 valence electrons. The number of benzene rings is 1. The van der Waals surface area contributed by atoms with Crippen molar-refractivity contribution in [2.24, 2.45) is 5.92 Å². The second-order valence-corrected chi connectivity index (χ2v) is 6.84. The van der Waals surface area contributed by atoms with E-state index in [1.807, 2.05) is 50.5 Å². The summed E-state index contributed by atoms with van der Waals surface area (Å²) in [5.74, 6) is 0.973. The number of carbonyl (C=O) groups is 1. The zero-order valence-corrected chi connectivity index (χ0v) is 14.9. The van der Waals surface area contributed by atoms with Gasteiger partial charge in [-0.2, -0.15) is 0 Å². The van der Waals surface area contributed by atoms with Gasteiger partial charge in [0.05, 0.1) is 5.69 Å². The lowest BCUT2D eigenvalue weighted by atomic mass is 9.86. The second kappa shape index (κ2) is 7.70. The van der Waals surface area contributed by atoms with Crippen molar-refractivity contribution >= 4 is 11.8 Å². The van der Waals surface area contributed by atoms with Crippen LogP contribution in [0.4, 0.5) is 10.6 Å². The fourth-order valence-corrected chi connectivity index (χ4v) is 3.37. The number of para-hydroxylation sites is 1. The van der Waals surface area contributed by atoms with Crippen LogP contribution in [-0.4, -0.2) is 45.5 Å². The normalized spacial score (nSPS) is 20.3. The van der Waals surface area contributed by atoms with Crippen LogP contribution < -0.4 is 5.32 Å². The third-order valence-electron chi connectivity index (χ3n) is 5.09. The highest BCUT2D eigenvalue weighted by molar-refractivity contribution is 5.89. The summed E-state index contributed by atoms with van der Waals surface area (Å²) in [4.78, 5) is 14.3. The maximum Gasteiger partial charge on any atom is 0.323 e. The smallest absolute Gasteiger partial charge is 0.323 e. The van der Waals surface area contributed by atoms with Crippen molar-refractivity contribution in [1.82, 2.24) is 14.7 Å². The van der Waals surface area contributed by atoms with E-state index in [0.29, 0.717) is 11.7 Å². The Balaban J connectivity index is 1.64. The molecule has 0 atom stereocenters. The summed E-state index contributed by atoms with van der Waals surface area (Å²) in [7, 11) is 1.84. The summed E-state index contributed by atoms with van der Waals surface area (Å²) in [6.07, 6.45) is 5.73. The molecule has 25 heavy (non-hydrogen) atoms. The number of carbonyl (C=O) groups excluding carboxylic acids is 1. The molecule has 0 saturated heterocycles. The zero-order chi connectivity index (χ0) is 17.8. The number of aryl methyl sites for hydroxylation is 1. The first-order chi connectivity index (χ1) is 12.1. The predicted octanol–water partition coefficient (Wildman–Crippen LogP) is 3.20. The molecule has 6 nitrogen and oxygen atoms in total. The Morgan fingerprint density at radius 2 is 1.96 bits per heavy atom. The van der Waals surface area contributed by atoms with E-state index in [9.17, 15) is 9.90 Å². The van der Waals surface area contributed by atoms with Crippen LogP contribution in [0.15, 0.2) is 36.5 Å². The van der Waals surface area contributed by atoms with Crippen molar-refractivity contribution in [3.63, 3.8) is 0 Å². The molecule has 1 aromatic carbocycles. The Morgan fingerprint density at radius 3 is 2.60 bits per heavy atom. The third-order valence-corrected chi connectivity index (χ3v) is 5.09. The fraction of sp³-hybridized carbons (Fsp3) is 0.474. The van der Waals surface area contributed by atoms with Crippen molar-refractivity contribution in [1.29, 1.82) is 0 Å². The molecule has 0 aliphatic heterocycles. The average molecular weight is 342 g/mol. The van der Waals surface area contributed by atoms with E-state index in [1.165, 1.54) is 0 Å². The predicted molar refractivity (Wildman–Crippen MR) is 97.9 cm³/mol. The molecule has 2 amide bonds. The quantitative estimate of drug-likeness (QED) is 0.896. The van der Waals surface area contributed by atoms with Gasteiger partial charge < -0.3 is 10.0 Å². The molecule has 1 saturated carbocycles. The Kier molecular flexibility index (Phi) is 5.38. The van der Waals surface area contributed by atoms with Gasteiger partial charge in [-0.05, 0) is 50.7 Å². The molecule has 0 bridgehead atoms. The zero-order valence-electron chi connectivity index (χ0n) is 14.9. The number of urea groups is 1. The summed E-state index contributed by atoms with van der Waals surface area (Å²) >= 11 is 0. The molecular weight excluding hydrogens is 316 g/mol. The average Bonchev–Trinajstić information content (AvgIpc) is 3.02. The molecule has 0 radical (unpaired) electrons. The van der Waals surface area contributed by atoms with Crippen molar-refractivity contribution in [3.8, 4) is 5.69 Å². The van der Waals surface area contributed by atoms with Gasteiger partial charge in [0.25, 0.3) is 0 Å². The van der Waals surface area contributed by atoms with Crippen LogP contribution in [-0.2, 0) is 0 Å². The topological polar surface area (TPSA) is 70.4 Å². The van der Waals surface area contributed by atoms with Crippen molar-refractivity contribution in [2.45, 2.75) is 38.6 Å². The van der Waals surface area contributed by atoms with E-state index < -0.39 is 0 Å². The Hall–Kier alpha value is -2.34. The van der Waals surface area contributed by atoms with Crippen molar-refractivity contribution in [2.75, 3.05) is 19.0 Å². The molecule has 1 aliphatic carbocycles. The van der Waals surface area contributed by atoms with Gasteiger partial charge in [-0.15, -0.1) is 5.10 Å². The second-order valence-electron chi connectivity index (χ2n) is 6.84. The molecule has 1 heterocycles. The van der Waals surface area contributed by atoms with Gasteiger partial charge in [0, 0.05) is 31.5 Å². The summed E-state index contributed by atoms with van der Waals surface area (Å²) in [5, 5.41) is 16.7. The fourth-order valence-electron chi connectivity index (χ4n) is 3.37. The van der Waals surface area contributed by atoms with Gasteiger partial charge in [0.2, 0.25) is 0 Å². The summed E-state index contributed by atoms with van der Waals surface area (Å²) in [6, 6.07) is 9.92. The summed E-state index contributed by atoms with van der Waals surface area (Å²) < 4.78 is 1.78. The van der Waals surface area contributed by atoms with E-state index in [-0.39, 0.29) is 18.7 Å². The molecule has 1 fully saturated rings. The van der Waals surface area contributed by atoms with Crippen molar-refractivity contribution < 1.29 is 9.90 Å². The van der Waals surface area contributed by atoms with Gasteiger partial charge in [0.15, 0.2) is 5.82 Å². The molecule has 0 unspecified atom stereocenters. The number of aromatic nitrogens is 2. The van der Waals surface area contributed by atoms with Gasteiger partial charge in [-0.1, -0.05) is 18.2 Å². The minimum Gasteiger partial charge on any atom is -0.396 e. The lowest BCUT2D eigenvalue weighted by Gasteiger charge is -2.34. The number of anilines is 1. The monoisotopic (exact) mass is 342 g/mol. The number of nitrogens with zero attached hydrogens (tertiary/aromatic N) is 3. The lowest BCUT2D eigenvalue weighted by Crippen LogP contribution is -2.42. The first-order valence-electron chi connectivity index (χ1n) is 8.85. The number of hydrogen-bond acceptors (Lipinski definition) is 3.